The number of carbonyl (C=O) groups excluding carboxylic acids is 2. The average Bonchev–Trinajstić information content (AvgIpc) is 3.32. The molecular weight excluding hydrogens is 437 g/mol. The zero-order valence-corrected chi connectivity index (χ0v) is 18.7. The van der Waals surface area contributed by atoms with Crippen LogP contribution in [-0.4, -0.2) is 46.1 Å². The van der Waals surface area contributed by atoms with Crippen LogP contribution in [0.2, 0.25) is 0 Å². The molecule has 0 bridgehead atoms. The van der Waals surface area contributed by atoms with E-state index in [9.17, 15) is 14.0 Å². The number of aromatic amines is 1. The number of carbonyl (C=O) groups is 2. The van der Waals surface area contributed by atoms with Crippen LogP contribution in [0.5, 0.6) is 0 Å². The quantitative estimate of drug-likeness (QED) is 0.326. The lowest BCUT2D eigenvalue weighted by Gasteiger charge is -2.15. The Morgan fingerprint density at radius 2 is 1.91 bits per heavy atom. The van der Waals surface area contributed by atoms with E-state index in [0.717, 1.165) is 5.56 Å². The van der Waals surface area contributed by atoms with Crippen LogP contribution in [0, 0.1) is 0 Å². The van der Waals surface area contributed by atoms with E-state index in [1.807, 2.05) is 12.1 Å². The Morgan fingerprint density at radius 1 is 1.09 bits per heavy atom. The molecule has 3 amide bonds. The molecule has 2 aromatic heterocycles. The van der Waals surface area contributed by atoms with E-state index < -0.39 is 6.67 Å². The molecule has 34 heavy (non-hydrogen) atoms. The minimum Gasteiger partial charge on any atom is -0.380 e. The van der Waals surface area contributed by atoms with Gasteiger partial charge in [0.15, 0.2) is 0 Å². The van der Waals surface area contributed by atoms with E-state index in [1.54, 1.807) is 62.9 Å². The third kappa shape index (κ3) is 4.96. The van der Waals surface area contributed by atoms with Crippen LogP contribution in [0.4, 0.5) is 26.4 Å². The zero-order valence-electron chi connectivity index (χ0n) is 18.7. The van der Waals surface area contributed by atoms with Crippen molar-refractivity contribution in [3.8, 4) is 0 Å². The van der Waals surface area contributed by atoms with Gasteiger partial charge in [-0.25, -0.2) is 14.2 Å². The molecule has 0 aliphatic heterocycles. The molecule has 4 N–H and O–H groups in total. The molecule has 9 nitrogen and oxygen atoms in total. The second-order valence-corrected chi connectivity index (χ2v) is 7.79. The van der Waals surface area contributed by atoms with Crippen molar-refractivity contribution in [2.75, 3.05) is 30.0 Å². The number of rotatable bonds is 7. The molecule has 10 heteroatoms. The molecule has 174 valence electrons. The fourth-order valence-electron chi connectivity index (χ4n) is 3.41. The highest BCUT2D eigenvalue weighted by molar-refractivity contribution is 6.12. The van der Waals surface area contributed by atoms with Gasteiger partial charge < -0.3 is 15.5 Å². The number of anilines is 3. The molecular formula is C24H24FN7O2. The maximum atomic E-state index is 13.6. The molecule has 4 rings (SSSR count). The third-order valence-electron chi connectivity index (χ3n) is 5.21. The summed E-state index contributed by atoms with van der Waals surface area (Å²) in [6.45, 7) is -0.323. The number of amides is 3. The van der Waals surface area contributed by atoms with Gasteiger partial charge in [-0.05, 0) is 35.9 Å². The van der Waals surface area contributed by atoms with Crippen molar-refractivity contribution in [2.24, 2.45) is 0 Å². The Labute approximate surface area is 195 Å². The number of nitrogens with one attached hydrogen (secondary N) is 4. The Kier molecular flexibility index (Phi) is 6.67. The molecule has 0 saturated carbocycles. The zero-order chi connectivity index (χ0) is 24.1. The van der Waals surface area contributed by atoms with Crippen LogP contribution < -0.4 is 16.0 Å². The summed E-state index contributed by atoms with van der Waals surface area (Å²) in [5.41, 5.74) is 3.34. The fraction of sp³-hybridized carbons (Fsp3) is 0.167. The number of alkyl halides is 1. The van der Waals surface area contributed by atoms with Crippen molar-refractivity contribution in [3.63, 3.8) is 0 Å². The number of para-hydroxylation sites is 1. The van der Waals surface area contributed by atoms with Gasteiger partial charge >= 0.3 is 6.03 Å². The number of pyridine rings is 1. The standard InChI is InChI=1S/C24H24FN7O2/c1-32(2)24(34)29-21-11-15(9-10-26-21)13-27-19-6-4-3-5-17(19)23(33)30-22-16(12-25)7-8-20-18(22)14-28-31-20/h3-11,14,27H,12-13H2,1-2H3,(H,28,31)(H,30,33)(H,26,29,34). The molecule has 0 atom stereocenters. The maximum absolute atomic E-state index is 13.6. The van der Waals surface area contributed by atoms with Gasteiger partial charge in [-0.1, -0.05) is 18.2 Å². The first-order valence-corrected chi connectivity index (χ1v) is 10.5. The molecule has 0 radical (unpaired) electrons. The van der Waals surface area contributed by atoms with E-state index >= 15 is 0 Å². The summed E-state index contributed by atoms with van der Waals surface area (Å²) >= 11 is 0. The minimum atomic E-state index is -0.717. The minimum absolute atomic E-state index is 0.278. The topological polar surface area (TPSA) is 115 Å². The summed E-state index contributed by atoms with van der Waals surface area (Å²) in [5.74, 6) is 0.0520. The summed E-state index contributed by atoms with van der Waals surface area (Å²) in [4.78, 5) is 30.6. The number of fused-ring (bicyclic) bond motifs is 1. The Hall–Kier alpha value is -4.47. The fourth-order valence-corrected chi connectivity index (χ4v) is 3.41. The third-order valence-corrected chi connectivity index (χ3v) is 5.21. The van der Waals surface area contributed by atoms with E-state index in [1.165, 1.54) is 4.90 Å². The number of hydrogen-bond acceptors (Lipinski definition) is 5. The number of aromatic nitrogens is 3. The van der Waals surface area contributed by atoms with Crippen molar-refractivity contribution in [2.45, 2.75) is 13.2 Å². The van der Waals surface area contributed by atoms with Crippen molar-refractivity contribution in [1.82, 2.24) is 20.1 Å². The summed E-state index contributed by atoms with van der Waals surface area (Å²) in [7, 11) is 3.29. The van der Waals surface area contributed by atoms with Crippen molar-refractivity contribution >= 4 is 40.0 Å². The summed E-state index contributed by atoms with van der Waals surface area (Å²) < 4.78 is 13.6. The van der Waals surface area contributed by atoms with Gasteiger partial charge in [-0.3, -0.25) is 15.2 Å². The molecule has 0 aliphatic rings. The second-order valence-electron chi connectivity index (χ2n) is 7.79. The second kappa shape index (κ2) is 9.99. The van der Waals surface area contributed by atoms with Gasteiger partial charge in [0.05, 0.1) is 23.0 Å². The number of H-pyrrole nitrogens is 1. The predicted octanol–water partition coefficient (Wildman–Crippen LogP) is 4.39. The van der Waals surface area contributed by atoms with Crippen LogP contribution in [0.25, 0.3) is 10.9 Å². The van der Waals surface area contributed by atoms with Crippen LogP contribution in [0.15, 0.2) is 60.9 Å². The maximum Gasteiger partial charge on any atom is 0.322 e. The Bertz CT molecular complexity index is 1340. The molecule has 2 heterocycles. The lowest BCUT2D eigenvalue weighted by Crippen LogP contribution is -2.27. The molecule has 0 saturated heterocycles. The largest absolute Gasteiger partial charge is 0.380 e. The van der Waals surface area contributed by atoms with Gasteiger partial charge in [-0.15, -0.1) is 0 Å². The van der Waals surface area contributed by atoms with Gasteiger partial charge in [0.25, 0.3) is 5.91 Å². The summed E-state index contributed by atoms with van der Waals surface area (Å²) in [6, 6.07) is 13.7. The van der Waals surface area contributed by atoms with Crippen LogP contribution in [0.1, 0.15) is 21.5 Å². The smallest absolute Gasteiger partial charge is 0.322 e. The van der Waals surface area contributed by atoms with Gasteiger partial charge in [0.2, 0.25) is 0 Å². The van der Waals surface area contributed by atoms with E-state index in [-0.39, 0.29) is 11.9 Å². The normalized spacial score (nSPS) is 10.7. The summed E-state index contributed by atoms with van der Waals surface area (Å²) in [5, 5.41) is 16.3. The number of halogens is 1. The first-order chi connectivity index (χ1) is 16.5. The lowest BCUT2D eigenvalue weighted by atomic mass is 10.1. The predicted molar refractivity (Wildman–Crippen MR) is 130 cm³/mol. The number of urea groups is 1. The highest BCUT2D eigenvalue weighted by Gasteiger charge is 2.16. The SMILES string of the molecule is CN(C)C(=O)Nc1cc(CNc2ccccc2C(=O)Nc2c(CF)ccc3[nH]ncc23)ccn1. The van der Waals surface area contributed by atoms with E-state index in [0.29, 0.717) is 45.8 Å². The molecule has 2 aromatic carbocycles. The van der Waals surface area contributed by atoms with Gasteiger partial charge in [0.1, 0.15) is 12.5 Å². The number of benzene rings is 2. The molecule has 0 unspecified atom stereocenters. The monoisotopic (exact) mass is 461 g/mol. The van der Waals surface area contributed by atoms with Crippen LogP contribution in [-0.2, 0) is 13.2 Å². The number of hydrogen-bond donors (Lipinski definition) is 4. The van der Waals surface area contributed by atoms with Crippen molar-refractivity contribution in [3.05, 3.63) is 77.6 Å². The summed E-state index contributed by atoms with van der Waals surface area (Å²) in [6.07, 6.45) is 3.16. The molecule has 4 aromatic rings. The highest BCUT2D eigenvalue weighted by atomic mass is 19.1. The lowest BCUT2D eigenvalue weighted by molar-refractivity contribution is 0.102. The molecule has 0 fully saturated rings. The van der Waals surface area contributed by atoms with Gasteiger partial charge in [-0.2, -0.15) is 5.10 Å². The average molecular weight is 462 g/mol. The first kappa shape index (κ1) is 22.7. The van der Waals surface area contributed by atoms with E-state index in [2.05, 4.69) is 31.1 Å². The van der Waals surface area contributed by atoms with Crippen molar-refractivity contribution in [1.29, 1.82) is 0 Å². The van der Waals surface area contributed by atoms with E-state index in [4.69, 9.17) is 0 Å². The van der Waals surface area contributed by atoms with Gasteiger partial charge in [0, 0.05) is 43.5 Å². The molecule has 0 spiro atoms. The number of nitrogens with zero attached hydrogens (tertiary/aromatic N) is 3. The first-order valence-electron chi connectivity index (χ1n) is 10.5. The van der Waals surface area contributed by atoms with Crippen LogP contribution >= 0.6 is 0 Å². The molecule has 0 aliphatic carbocycles. The highest BCUT2D eigenvalue weighted by Crippen LogP contribution is 2.28. The van der Waals surface area contributed by atoms with Crippen molar-refractivity contribution < 1.29 is 14.0 Å². The van der Waals surface area contributed by atoms with Crippen LogP contribution in [0.3, 0.4) is 0 Å². The Balaban J connectivity index is 1.52. The Morgan fingerprint density at radius 3 is 2.71 bits per heavy atom.